The summed E-state index contributed by atoms with van der Waals surface area (Å²) in [5, 5.41) is 7.87. The number of hydrogen-bond acceptors (Lipinski definition) is 2. The van der Waals surface area contributed by atoms with Gasteiger partial charge in [-0.15, -0.1) is 0 Å². The van der Waals surface area contributed by atoms with Crippen LogP contribution in [0, 0.1) is 0 Å². The lowest BCUT2D eigenvalue weighted by Gasteiger charge is -1.90. The highest BCUT2D eigenvalue weighted by Crippen LogP contribution is 1.68. The zero-order chi connectivity index (χ0) is 5.15. The summed E-state index contributed by atoms with van der Waals surface area (Å²) in [5.74, 6) is -0.963. The van der Waals surface area contributed by atoms with Gasteiger partial charge < -0.3 is 10.8 Å². The molecule has 0 aromatic rings. The van der Waals surface area contributed by atoms with Crippen molar-refractivity contribution in [3.8, 4) is 0 Å². The molecular weight excluding hydrogens is 92.8 g/mol. The van der Waals surface area contributed by atoms with Gasteiger partial charge in [0.05, 0.1) is 0 Å². The third kappa shape index (κ3) is 5.49. The van der Waals surface area contributed by atoms with Gasteiger partial charge in [-0.2, -0.15) is 0 Å². The highest BCUT2D eigenvalue weighted by molar-refractivity contribution is 5.75. The Morgan fingerprint density at radius 3 is 2.00 bits per heavy atom. The van der Waals surface area contributed by atoms with Crippen LogP contribution in [0.1, 0.15) is 6.92 Å². The smallest absolute Gasteiger partial charge is 0.320 e. The fraction of sp³-hybridized carbons (Fsp3) is 0.667. The normalized spacial score (nSPS) is 11.7. The molecule has 0 aromatic carbocycles. The summed E-state index contributed by atoms with van der Waals surface area (Å²) in [7, 11) is 0. The van der Waals surface area contributed by atoms with Crippen LogP contribution in [0.3, 0.4) is 0 Å². The minimum absolute atomic E-state index is 0. The van der Waals surface area contributed by atoms with Crippen LogP contribution in [-0.2, 0) is 4.79 Å². The van der Waals surface area contributed by atoms with E-state index in [1.807, 2.05) is 0 Å². The van der Waals surface area contributed by atoms with E-state index < -0.39 is 12.0 Å². The van der Waals surface area contributed by atoms with Crippen molar-refractivity contribution in [2.24, 2.45) is 5.73 Å². The van der Waals surface area contributed by atoms with Crippen LogP contribution in [0.25, 0.3) is 0 Å². The van der Waals surface area contributed by atoms with Gasteiger partial charge >= 0.3 is 5.97 Å². The molecule has 0 aliphatic carbocycles. The second-order valence-corrected chi connectivity index (χ2v) is 1.13. The van der Waals surface area contributed by atoms with E-state index in [1.54, 1.807) is 0 Å². The third-order valence-electron chi connectivity index (χ3n) is 0.390. The van der Waals surface area contributed by atoms with E-state index in [4.69, 9.17) is 10.8 Å². The van der Waals surface area contributed by atoms with Gasteiger partial charge in [0.2, 0.25) is 0 Å². The molecule has 0 saturated carbocycles. The number of hydrogen-bond donors (Lipinski definition) is 2. The van der Waals surface area contributed by atoms with Crippen molar-refractivity contribution >= 4 is 14.4 Å². The Labute approximate surface area is 44.1 Å². The molecule has 0 aliphatic rings. The first kappa shape index (κ1) is 9.71. The molecule has 1 atom stereocenters. The maximum atomic E-state index is 9.57. The average Bonchev–Trinajstić information content (AvgIpc) is 1.36. The standard InChI is InChI=1S/C3H7NO2.B/c1-2(4)3(5)6;/h2H,4H2,1H3,(H,5,6);/t2-;/m0./s1. The summed E-state index contributed by atoms with van der Waals surface area (Å²) in [6.07, 6.45) is 0. The molecule has 0 rings (SSSR count). The van der Waals surface area contributed by atoms with E-state index in [0.717, 1.165) is 0 Å². The van der Waals surface area contributed by atoms with Crippen molar-refractivity contribution in [3.05, 3.63) is 0 Å². The van der Waals surface area contributed by atoms with Crippen molar-refractivity contribution in [2.45, 2.75) is 13.0 Å². The maximum absolute atomic E-state index is 9.57. The largest absolute Gasteiger partial charge is 0.480 e. The van der Waals surface area contributed by atoms with E-state index in [2.05, 4.69) is 0 Å². The van der Waals surface area contributed by atoms with E-state index >= 15 is 0 Å². The molecule has 0 aromatic heterocycles. The number of nitrogens with two attached hydrogens (primary N) is 1. The Morgan fingerprint density at radius 1 is 1.86 bits per heavy atom. The van der Waals surface area contributed by atoms with Crippen LogP contribution in [-0.4, -0.2) is 25.5 Å². The van der Waals surface area contributed by atoms with Crippen LogP contribution in [0.5, 0.6) is 0 Å². The second kappa shape index (κ2) is 3.68. The van der Waals surface area contributed by atoms with Gasteiger partial charge in [-0.1, -0.05) is 0 Å². The maximum Gasteiger partial charge on any atom is 0.320 e. The molecule has 3 N–H and O–H groups in total. The number of rotatable bonds is 1. The molecule has 3 radical (unpaired) electrons. The lowest BCUT2D eigenvalue weighted by Crippen LogP contribution is -2.25. The molecular formula is C3H7BNO2. The van der Waals surface area contributed by atoms with Gasteiger partial charge in [0.15, 0.2) is 0 Å². The number of carboxylic acid groups (broad SMARTS) is 1. The first-order valence-electron chi connectivity index (χ1n) is 1.63. The summed E-state index contributed by atoms with van der Waals surface area (Å²) >= 11 is 0. The quantitative estimate of drug-likeness (QED) is 0.417. The first-order chi connectivity index (χ1) is 2.64. The topological polar surface area (TPSA) is 63.3 Å². The Balaban J connectivity index is 0. The Hall–Kier alpha value is -0.505. The molecule has 0 bridgehead atoms. The van der Waals surface area contributed by atoms with Crippen LogP contribution in [0.4, 0.5) is 0 Å². The van der Waals surface area contributed by atoms with E-state index in [0.29, 0.717) is 0 Å². The average molecular weight is 99.9 g/mol. The third-order valence-corrected chi connectivity index (χ3v) is 0.390. The second-order valence-electron chi connectivity index (χ2n) is 1.13. The van der Waals surface area contributed by atoms with Crippen molar-refractivity contribution in [1.82, 2.24) is 0 Å². The van der Waals surface area contributed by atoms with Gasteiger partial charge in [0.25, 0.3) is 0 Å². The summed E-state index contributed by atoms with van der Waals surface area (Å²) in [4.78, 5) is 9.57. The van der Waals surface area contributed by atoms with Crippen LogP contribution in [0.15, 0.2) is 0 Å². The van der Waals surface area contributed by atoms with Crippen molar-refractivity contribution in [2.75, 3.05) is 0 Å². The molecule has 0 saturated heterocycles. The molecule has 0 aliphatic heterocycles. The highest BCUT2D eigenvalue weighted by atomic mass is 16.4. The van der Waals surface area contributed by atoms with E-state index in [-0.39, 0.29) is 8.41 Å². The molecule has 0 amide bonds. The Morgan fingerprint density at radius 2 is 2.00 bits per heavy atom. The molecule has 4 heteroatoms. The van der Waals surface area contributed by atoms with Gasteiger partial charge in [0, 0.05) is 8.41 Å². The number of carboxylic acids is 1. The zero-order valence-electron chi connectivity index (χ0n) is 4.09. The van der Waals surface area contributed by atoms with Crippen LogP contribution in [0.2, 0.25) is 0 Å². The fourth-order valence-corrected chi connectivity index (χ4v) is 0. The highest BCUT2D eigenvalue weighted by Gasteiger charge is 1.99. The monoisotopic (exact) mass is 100 g/mol. The predicted molar refractivity (Wildman–Crippen MR) is 27.0 cm³/mol. The Kier molecular flexibility index (Phi) is 5.10. The van der Waals surface area contributed by atoms with Gasteiger partial charge in [-0.25, -0.2) is 0 Å². The molecule has 0 heterocycles. The minimum atomic E-state index is -0.963. The first-order valence-corrected chi connectivity index (χ1v) is 1.63. The van der Waals surface area contributed by atoms with Crippen LogP contribution >= 0.6 is 0 Å². The van der Waals surface area contributed by atoms with Gasteiger partial charge in [-0.3, -0.25) is 4.79 Å². The summed E-state index contributed by atoms with van der Waals surface area (Å²) in [5.41, 5.74) is 4.84. The van der Waals surface area contributed by atoms with Crippen molar-refractivity contribution in [1.29, 1.82) is 0 Å². The SMILES string of the molecule is C[C@H](N)C(=O)O.[B]. The Bertz CT molecular complexity index is 64.0. The fourth-order valence-electron chi connectivity index (χ4n) is 0. The predicted octanol–water partition coefficient (Wildman–Crippen LogP) is -0.963. The number of aliphatic carboxylic acids is 1. The van der Waals surface area contributed by atoms with Gasteiger partial charge in [0.1, 0.15) is 6.04 Å². The minimum Gasteiger partial charge on any atom is -0.480 e. The molecule has 7 heavy (non-hydrogen) atoms. The lowest BCUT2D eigenvalue weighted by atomic mass is 10.4. The summed E-state index contributed by atoms with van der Waals surface area (Å²) < 4.78 is 0. The summed E-state index contributed by atoms with van der Waals surface area (Å²) in [6, 6.07) is -0.731. The molecule has 3 nitrogen and oxygen atoms in total. The van der Waals surface area contributed by atoms with Crippen molar-refractivity contribution < 1.29 is 9.90 Å². The summed E-state index contributed by atoms with van der Waals surface area (Å²) in [6.45, 7) is 1.42. The zero-order valence-corrected chi connectivity index (χ0v) is 4.09. The molecule has 39 valence electrons. The van der Waals surface area contributed by atoms with E-state index in [9.17, 15) is 4.79 Å². The van der Waals surface area contributed by atoms with Crippen LogP contribution < -0.4 is 5.73 Å². The van der Waals surface area contributed by atoms with Crippen molar-refractivity contribution in [3.63, 3.8) is 0 Å². The molecule has 0 fully saturated rings. The van der Waals surface area contributed by atoms with Gasteiger partial charge in [-0.05, 0) is 6.92 Å². The van der Waals surface area contributed by atoms with E-state index in [1.165, 1.54) is 6.92 Å². The molecule has 0 spiro atoms. The molecule has 0 unspecified atom stereocenters. The number of carbonyl (C=O) groups is 1. The lowest BCUT2D eigenvalue weighted by molar-refractivity contribution is -0.138.